The fourth-order valence-electron chi connectivity index (χ4n) is 3.87. The second-order valence-electron chi connectivity index (χ2n) is 7.06. The van der Waals surface area contributed by atoms with E-state index in [0.29, 0.717) is 0 Å². The van der Waals surface area contributed by atoms with Crippen molar-refractivity contribution in [1.82, 2.24) is 10.2 Å². The highest BCUT2D eigenvalue weighted by Crippen LogP contribution is 2.26. The number of carbonyl (C=O) groups is 1. The molecule has 3 nitrogen and oxygen atoms in total. The molecular weight excluding hydrogens is 340 g/mol. The van der Waals surface area contributed by atoms with Crippen LogP contribution in [0.3, 0.4) is 0 Å². The number of amides is 1. The third-order valence-corrected chi connectivity index (χ3v) is 6.30. The number of benzene rings is 2. The molecule has 4 rings (SSSR count). The smallest absolute Gasteiger partial charge is 0.239 e. The normalized spacial score (nSPS) is 16.3. The Morgan fingerprint density at radius 3 is 2.81 bits per heavy atom. The van der Waals surface area contributed by atoms with Crippen molar-refractivity contribution in [2.75, 3.05) is 6.54 Å². The maximum absolute atomic E-state index is 12.9. The summed E-state index contributed by atoms with van der Waals surface area (Å²) in [6.45, 7) is 5.68. The number of fused-ring (bicyclic) bond motifs is 2. The summed E-state index contributed by atoms with van der Waals surface area (Å²) < 4.78 is 0. The lowest BCUT2D eigenvalue weighted by molar-refractivity contribution is -0.134. The lowest BCUT2D eigenvalue weighted by atomic mass is 9.99. The molecule has 0 radical (unpaired) electrons. The molecule has 0 bridgehead atoms. The van der Waals surface area contributed by atoms with Crippen LogP contribution < -0.4 is 5.32 Å². The first-order valence-electron chi connectivity index (χ1n) is 9.21. The Labute approximate surface area is 158 Å². The molecule has 2 aromatic carbocycles. The van der Waals surface area contributed by atoms with Gasteiger partial charge in [-0.1, -0.05) is 42.5 Å². The lowest BCUT2D eigenvalue weighted by Gasteiger charge is -2.31. The predicted molar refractivity (Wildman–Crippen MR) is 108 cm³/mol. The van der Waals surface area contributed by atoms with Crippen molar-refractivity contribution in [2.24, 2.45) is 0 Å². The third kappa shape index (κ3) is 3.27. The molecule has 0 aliphatic carbocycles. The monoisotopic (exact) mass is 364 g/mol. The van der Waals surface area contributed by atoms with E-state index in [1.807, 2.05) is 11.8 Å². The summed E-state index contributed by atoms with van der Waals surface area (Å²) in [5, 5.41) is 8.12. The number of hydrogen-bond acceptors (Lipinski definition) is 3. The molecule has 0 fully saturated rings. The Hall–Kier alpha value is -2.17. The van der Waals surface area contributed by atoms with E-state index in [4.69, 9.17) is 0 Å². The average molecular weight is 365 g/mol. The van der Waals surface area contributed by atoms with E-state index in [1.54, 1.807) is 11.3 Å². The molecule has 4 heteroatoms. The van der Waals surface area contributed by atoms with Gasteiger partial charge in [0.2, 0.25) is 5.91 Å². The molecule has 1 aliphatic heterocycles. The van der Waals surface area contributed by atoms with Crippen LogP contribution in [0.15, 0.2) is 53.9 Å². The van der Waals surface area contributed by atoms with Gasteiger partial charge >= 0.3 is 0 Å². The molecule has 1 aliphatic rings. The first-order chi connectivity index (χ1) is 12.6. The van der Waals surface area contributed by atoms with Crippen molar-refractivity contribution >= 4 is 28.0 Å². The van der Waals surface area contributed by atoms with Crippen molar-refractivity contribution in [3.63, 3.8) is 0 Å². The van der Waals surface area contributed by atoms with E-state index < -0.39 is 0 Å². The SMILES string of the molecule is CC(NC(C)c1cccc2ccccc12)C(=O)N1CCc2sccc2C1. The highest BCUT2D eigenvalue weighted by molar-refractivity contribution is 7.10. The molecule has 0 saturated carbocycles. The zero-order chi connectivity index (χ0) is 18.1. The molecule has 0 spiro atoms. The molecule has 2 unspecified atom stereocenters. The minimum absolute atomic E-state index is 0.113. The van der Waals surface area contributed by atoms with E-state index in [-0.39, 0.29) is 18.0 Å². The van der Waals surface area contributed by atoms with Gasteiger partial charge in [0, 0.05) is 24.0 Å². The summed E-state index contributed by atoms with van der Waals surface area (Å²) in [6, 6.07) is 16.8. The van der Waals surface area contributed by atoms with Gasteiger partial charge < -0.3 is 4.90 Å². The van der Waals surface area contributed by atoms with Crippen molar-refractivity contribution < 1.29 is 4.79 Å². The summed E-state index contributed by atoms with van der Waals surface area (Å²) in [6.07, 6.45) is 0.977. The summed E-state index contributed by atoms with van der Waals surface area (Å²) in [5.74, 6) is 0.189. The third-order valence-electron chi connectivity index (χ3n) is 5.28. The molecule has 3 aromatic rings. The largest absolute Gasteiger partial charge is 0.337 e. The zero-order valence-corrected chi connectivity index (χ0v) is 16.1. The van der Waals surface area contributed by atoms with E-state index in [2.05, 4.69) is 66.2 Å². The Morgan fingerprint density at radius 2 is 1.92 bits per heavy atom. The van der Waals surface area contributed by atoms with E-state index >= 15 is 0 Å². The Morgan fingerprint density at radius 1 is 1.12 bits per heavy atom. The number of nitrogens with one attached hydrogen (secondary N) is 1. The highest BCUT2D eigenvalue weighted by Gasteiger charge is 2.26. The minimum Gasteiger partial charge on any atom is -0.337 e. The Balaban J connectivity index is 1.47. The van der Waals surface area contributed by atoms with Crippen LogP contribution >= 0.6 is 11.3 Å². The first kappa shape index (κ1) is 17.3. The number of thiophene rings is 1. The quantitative estimate of drug-likeness (QED) is 0.738. The number of carbonyl (C=O) groups excluding carboxylic acids is 1. The second kappa shape index (κ2) is 7.22. The number of hydrogen-bond donors (Lipinski definition) is 1. The standard InChI is InChI=1S/C22H24N2OS/c1-15(19-9-5-7-17-6-3-4-8-20(17)19)23-16(2)22(25)24-12-10-21-18(14-24)11-13-26-21/h3-9,11,13,15-16,23H,10,12,14H2,1-2H3. The molecule has 1 N–H and O–H groups in total. The first-order valence-corrected chi connectivity index (χ1v) is 10.1. The fourth-order valence-corrected chi connectivity index (χ4v) is 4.76. The summed E-state index contributed by atoms with van der Waals surface area (Å²) in [7, 11) is 0. The van der Waals surface area contributed by atoms with Crippen molar-refractivity contribution in [1.29, 1.82) is 0 Å². The Kier molecular flexibility index (Phi) is 4.79. The highest BCUT2D eigenvalue weighted by atomic mass is 32.1. The summed E-state index contributed by atoms with van der Waals surface area (Å²) >= 11 is 1.80. The van der Waals surface area contributed by atoms with Crippen LogP contribution in [0.25, 0.3) is 10.8 Å². The van der Waals surface area contributed by atoms with Crippen LogP contribution in [0.1, 0.15) is 35.9 Å². The van der Waals surface area contributed by atoms with Gasteiger partial charge in [0.15, 0.2) is 0 Å². The van der Waals surface area contributed by atoms with Gasteiger partial charge in [-0.2, -0.15) is 0 Å². The van der Waals surface area contributed by atoms with Crippen LogP contribution in [0.2, 0.25) is 0 Å². The minimum atomic E-state index is -0.204. The molecule has 2 atom stereocenters. The lowest BCUT2D eigenvalue weighted by Crippen LogP contribution is -2.47. The van der Waals surface area contributed by atoms with Gasteiger partial charge in [-0.25, -0.2) is 0 Å². The van der Waals surface area contributed by atoms with E-state index in [0.717, 1.165) is 19.5 Å². The van der Waals surface area contributed by atoms with Gasteiger partial charge in [0.05, 0.1) is 6.04 Å². The average Bonchev–Trinajstić information content (AvgIpc) is 3.14. The van der Waals surface area contributed by atoms with Crippen molar-refractivity contribution in [2.45, 2.75) is 38.9 Å². The second-order valence-corrected chi connectivity index (χ2v) is 8.06. The van der Waals surface area contributed by atoms with Crippen molar-refractivity contribution in [3.05, 3.63) is 69.9 Å². The fraction of sp³-hybridized carbons (Fsp3) is 0.318. The van der Waals surface area contributed by atoms with Crippen LogP contribution in [0.5, 0.6) is 0 Å². The van der Waals surface area contributed by atoms with Crippen LogP contribution in [0, 0.1) is 0 Å². The van der Waals surface area contributed by atoms with Gasteiger partial charge in [-0.05, 0) is 53.6 Å². The van der Waals surface area contributed by atoms with Gasteiger partial charge in [0.25, 0.3) is 0 Å². The molecule has 26 heavy (non-hydrogen) atoms. The molecule has 1 aromatic heterocycles. The number of nitrogens with zero attached hydrogens (tertiary/aromatic N) is 1. The van der Waals surface area contributed by atoms with Crippen LogP contribution in [0.4, 0.5) is 0 Å². The van der Waals surface area contributed by atoms with E-state index in [1.165, 1.54) is 26.8 Å². The van der Waals surface area contributed by atoms with Crippen LogP contribution in [-0.2, 0) is 17.8 Å². The topological polar surface area (TPSA) is 32.3 Å². The maximum Gasteiger partial charge on any atom is 0.239 e. The summed E-state index contributed by atoms with van der Waals surface area (Å²) in [4.78, 5) is 16.3. The molecule has 1 amide bonds. The van der Waals surface area contributed by atoms with Crippen LogP contribution in [-0.4, -0.2) is 23.4 Å². The predicted octanol–water partition coefficient (Wildman–Crippen LogP) is 4.53. The van der Waals surface area contributed by atoms with Crippen molar-refractivity contribution in [3.8, 4) is 0 Å². The van der Waals surface area contributed by atoms with Gasteiger partial charge in [0.1, 0.15) is 0 Å². The molecule has 134 valence electrons. The van der Waals surface area contributed by atoms with Gasteiger partial charge in [-0.3, -0.25) is 10.1 Å². The zero-order valence-electron chi connectivity index (χ0n) is 15.2. The maximum atomic E-state index is 12.9. The number of rotatable bonds is 4. The molecule has 0 saturated heterocycles. The Bertz CT molecular complexity index is 927. The molecular formula is C22H24N2OS. The van der Waals surface area contributed by atoms with E-state index in [9.17, 15) is 4.79 Å². The molecule has 2 heterocycles. The van der Waals surface area contributed by atoms with Gasteiger partial charge in [-0.15, -0.1) is 11.3 Å². The summed E-state index contributed by atoms with van der Waals surface area (Å²) in [5.41, 5.74) is 2.55.